The average Bonchev–Trinajstić information content (AvgIpc) is 2.63. The molecule has 1 atom stereocenters. The van der Waals surface area contributed by atoms with Crippen molar-refractivity contribution >= 4 is 23.1 Å². The number of amides is 1. The number of benzene rings is 1. The Morgan fingerprint density at radius 3 is 2.78 bits per heavy atom. The van der Waals surface area contributed by atoms with Crippen molar-refractivity contribution in [1.82, 2.24) is 0 Å². The highest BCUT2D eigenvalue weighted by Crippen LogP contribution is 2.28. The zero-order valence-electron chi connectivity index (χ0n) is 10.4. The summed E-state index contributed by atoms with van der Waals surface area (Å²) >= 11 is 0. The van der Waals surface area contributed by atoms with Gasteiger partial charge in [-0.3, -0.25) is 9.59 Å². The predicted molar refractivity (Wildman–Crippen MR) is 69.5 cm³/mol. The zero-order valence-corrected chi connectivity index (χ0v) is 10.4. The molecule has 0 aromatic heterocycles. The molecule has 18 heavy (non-hydrogen) atoms. The second-order valence-corrected chi connectivity index (χ2v) is 4.45. The maximum absolute atomic E-state index is 11.7. The summed E-state index contributed by atoms with van der Waals surface area (Å²) in [6.45, 7) is 3.80. The normalized spacial score (nSPS) is 15.0. The van der Waals surface area contributed by atoms with Crippen LogP contribution in [0.5, 0.6) is 0 Å². The van der Waals surface area contributed by atoms with E-state index in [9.17, 15) is 14.7 Å². The third-order valence-electron chi connectivity index (χ3n) is 3.16. The summed E-state index contributed by atoms with van der Waals surface area (Å²) in [4.78, 5) is 23.2. The minimum Gasteiger partial charge on any atom is -0.507 e. The number of fused-ring (bicyclic) bond motifs is 1. The molecule has 1 aromatic rings. The van der Waals surface area contributed by atoms with Gasteiger partial charge in [0.05, 0.1) is 0 Å². The minimum absolute atomic E-state index is 0.0466. The van der Waals surface area contributed by atoms with E-state index < -0.39 is 0 Å². The van der Waals surface area contributed by atoms with E-state index in [2.05, 4.69) is 5.32 Å². The van der Waals surface area contributed by atoms with Crippen LogP contribution >= 0.6 is 0 Å². The van der Waals surface area contributed by atoms with E-state index in [4.69, 9.17) is 0 Å². The SMILES string of the molecule is CCC(C)C(=O)Nc1ccc2c(c1)C(O)=CC2=O. The van der Waals surface area contributed by atoms with Gasteiger partial charge in [-0.25, -0.2) is 0 Å². The molecule has 0 saturated heterocycles. The van der Waals surface area contributed by atoms with Gasteiger partial charge in [-0.1, -0.05) is 13.8 Å². The van der Waals surface area contributed by atoms with Crippen LogP contribution in [0.4, 0.5) is 5.69 Å². The first-order chi connectivity index (χ1) is 8.52. The van der Waals surface area contributed by atoms with Crippen molar-refractivity contribution in [1.29, 1.82) is 0 Å². The van der Waals surface area contributed by atoms with Crippen molar-refractivity contribution in [2.24, 2.45) is 5.92 Å². The van der Waals surface area contributed by atoms with Crippen molar-refractivity contribution in [2.45, 2.75) is 20.3 Å². The molecule has 1 aromatic carbocycles. The van der Waals surface area contributed by atoms with Crippen LogP contribution in [0.15, 0.2) is 24.3 Å². The monoisotopic (exact) mass is 245 g/mol. The lowest BCUT2D eigenvalue weighted by molar-refractivity contribution is -0.119. The van der Waals surface area contributed by atoms with Crippen LogP contribution in [-0.4, -0.2) is 16.8 Å². The van der Waals surface area contributed by atoms with Crippen LogP contribution in [0.3, 0.4) is 0 Å². The van der Waals surface area contributed by atoms with Gasteiger partial charge in [-0.05, 0) is 24.6 Å². The molecule has 1 amide bonds. The van der Waals surface area contributed by atoms with Crippen molar-refractivity contribution < 1.29 is 14.7 Å². The quantitative estimate of drug-likeness (QED) is 0.860. The van der Waals surface area contributed by atoms with Crippen molar-refractivity contribution in [3.63, 3.8) is 0 Å². The maximum atomic E-state index is 11.7. The summed E-state index contributed by atoms with van der Waals surface area (Å²) in [7, 11) is 0. The third-order valence-corrected chi connectivity index (χ3v) is 3.16. The van der Waals surface area contributed by atoms with Crippen LogP contribution in [0, 0.1) is 5.92 Å². The van der Waals surface area contributed by atoms with Crippen LogP contribution < -0.4 is 5.32 Å². The van der Waals surface area contributed by atoms with E-state index in [1.54, 1.807) is 18.2 Å². The molecule has 0 saturated carbocycles. The largest absolute Gasteiger partial charge is 0.507 e. The fourth-order valence-electron chi connectivity index (χ4n) is 1.78. The Bertz CT molecular complexity index is 546. The van der Waals surface area contributed by atoms with E-state index >= 15 is 0 Å². The predicted octanol–water partition coefficient (Wildman–Crippen LogP) is 2.77. The number of hydrogen-bond donors (Lipinski definition) is 2. The van der Waals surface area contributed by atoms with Crippen LogP contribution in [-0.2, 0) is 4.79 Å². The molecular formula is C14H15NO3. The highest BCUT2D eigenvalue weighted by molar-refractivity contribution is 6.15. The van der Waals surface area contributed by atoms with Gasteiger partial charge in [-0.15, -0.1) is 0 Å². The fraction of sp³-hybridized carbons (Fsp3) is 0.286. The summed E-state index contributed by atoms with van der Waals surface area (Å²) in [6, 6.07) is 4.90. The molecule has 0 fully saturated rings. The highest BCUT2D eigenvalue weighted by Gasteiger charge is 2.21. The molecule has 0 aliphatic heterocycles. The van der Waals surface area contributed by atoms with Gasteiger partial charge in [0.15, 0.2) is 5.78 Å². The van der Waals surface area contributed by atoms with E-state index in [1.807, 2.05) is 13.8 Å². The Morgan fingerprint density at radius 1 is 1.39 bits per heavy atom. The molecule has 0 radical (unpaired) electrons. The van der Waals surface area contributed by atoms with Crippen molar-refractivity contribution in [3.05, 3.63) is 35.4 Å². The number of carbonyl (C=O) groups is 2. The van der Waals surface area contributed by atoms with Gasteiger partial charge < -0.3 is 10.4 Å². The lowest BCUT2D eigenvalue weighted by atomic mass is 10.1. The smallest absolute Gasteiger partial charge is 0.227 e. The zero-order chi connectivity index (χ0) is 13.3. The molecular weight excluding hydrogens is 230 g/mol. The first-order valence-electron chi connectivity index (χ1n) is 5.93. The van der Waals surface area contributed by atoms with Crippen LogP contribution in [0.2, 0.25) is 0 Å². The molecule has 0 heterocycles. The topological polar surface area (TPSA) is 66.4 Å². The molecule has 2 N–H and O–H groups in total. The number of aliphatic hydroxyl groups excluding tert-OH is 1. The van der Waals surface area contributed by atoms with E-state index in [1.165, 1.54) is 6.08 Å². The number of carbonyl (C=O) groups excluding carboxylic acids is 2. The summed E-state index contributed by atoms with van der Waals surface area (Å²) < 4.78 is 0. The molecule has 4 nitrogen and oxygen atoms in total. The Hall–Kier alpha value is -2.10. The molecule has 2 rings (SSSR count). The molecule has 94 valence electrons. The summed E-state index contributed by atoms with van der Waals surface area (Å²) in [5.74, 6) is -0.383. The van der Waals surface area contributed by atoms with Gasteiger partial charge in [0.25, 0.3) is 0 Å². The molecule has 4 heteroatoms. The van der Waals surface area contributed by atoms with Crippen LogP contribution in [0.25, 0.3) is 5.76 Å². The second-order valence-electron chi connectivity index (χ2n) is 4.45. The molecule has 0 bridgehead atoms. The average molecular weight is 245 g/mol. The number of ketones is 1. The number of aliphatic hydroxyl groups is 1. The van der Waals surface area contributed by atoms with Gasteiger partial charge >= 0.3 is 0 Å². The summed E-state index contributed by atoms with van der Waals surface area (Å²) in [5, 5.41) is 12.4. The standard InChI is InChI=1S/C14H15NO3/c1-3-8(2)14(18)15-9-4-5-10-11(6-9)13(17)7-12(10)16/h4-8,17H,3H2,1-2H3,(H,15,18). The number of anilines is 1. The Kier molecular flexibility index (Phi) is 3.19. The lowest BCUT2D eigenvalue weighted by Gasteiger charge is -2.11. The number of rotatable bonds is 3. The molecule has 0 spiro atoms. The fourth-order valence-corrected chi connectivity index (χ4v) is 1.78. The lowest BCUT2D eigenvalue weighted by Crippen LogP contribution is -2.19. The first-order valence-corrected chi connectivity index (χ1v) is 5.93. The number of nitrogens with one attached hydrogen (secondary N) is 1. The van der Waals surface area contributed by atoms with Gasteiger partial charge in [0, 0.05) is 28.8 Å². The third kappa shape index (κ3) is 2.14. The molecule has 1 aliphatic rings. The van der Waals surface area contributed by atoms with E-state index in [0.717, 1.165) is 6.42 Å². The number of hydrogen-bond acceptors (Lipinski definition) is 3. The highest BCUT2D eigenvalue weighted by atomic mass is 16.3. The van der Waals surface area contributed by atoms with Crippen molar-refractivity contribution in [3.8, 4) is 0 Å². The van der Waals surface area contributed by atoms with E-state index in [0.29, 0.717) is 16.8 Å². The summed E-state index contributed by atoms with van der Waals surface area (Å²) in [5.41, 5.74) is 1.53. The van der Waals surface area contributed by atoms with Crippen molar-refractivity contribution in [2.75, 3.05) is 5.32 Å². The first kappa shape index (κ1) is 12.4. The summed E-state index contributed by atoms with van der Waals surface area (Å²) in [6.07, 6.45) is 1.95. The van der Waals surface area contributed by atoms with Gasteiger partial charge in [0.2, 0.25) is 5.91 Å². The Balaban J connectivity index is 2.23. The Labute approximate surface area is 105 Å². The second kappa shape index (κ2) is 4.64. The Morgan fingerprint density at radius 2 is 2.11 bits per heavy atom. The molecule has 1 unspecified atom stereocenters. The van der Waals surface area contributed by atoms with Crippen LogP contribution in [0.1, 0.15) is 36.2 Å². The van der Waals surface area contributed by atoms with Gasteiger partial charge in [-0.2, -0.15) is 0 Å². The number of allylic oxidation sites excluding steroid dienone is 1. The van der Waals surface area contributed by atoms with E-state index in [-0.39, 0.29) is 23.4 Å². The minimum atomic E-state index is -0.206. The van der Waals surface area contributed by atoms with Gasteiger partial charge in [0.1, 0.15) is 5.76 Å². The maximum Gasteiger partial charge on any atom is 0.227 e. The molecule has 1 aliphatic carbocycles.